The maximum absolute atomic E-state index is 13.0. The van der Waals surface area contributed by atoms with Crippen molar-refractivity contribution in [3.05, 3.63) is 59.7 Å². The predicted octanol–water partition coefficient (Wildman–Crippen LogP) is 3.97. The number of nitrogens with zero attached hydrogens (tertiary/aromatic N) is 1. The number of hydrogen-bond donors (Lipinski definition) is 0. The number of hydrogen-bond acceptors (Lipinski definition) is 4. The van der Waals surface area contributed by atoms with Crippen molar-refractivity contribution in [3.63, 3.8) is 0 Å². The molecule has 0 atom stereocenters. The lowest BCUT2D eigenvalue weighted by Crippen LogP contribution is -2.39. The molecule has 1 saturated heterocycles. The molecule has 0 unspecified atom stereocenters. The van der Waals surface area contributed by atoms with Crippen LogP contribution < -0.4 is 4.74 Å². The molecule has 1 amide bonds. The minimum absolute atomic E-state index is 0.00920. The minimum Gasteiger partial charge on any atom is -0.497 e. The molecular formula is C23H29NO4S. The Balaban J connectivity index is 1.57. The molecule has 1 aliphatic rings. The average Bonchev–Trinajstić information content (AvgIpc) is 2.78. The van der Waals surface area contributed by atoms with E-state index in [-0.39, 0.29) is 16.6 Å². The largest absolute Gasteiger partial charge is 0.497 e. The maximum Gasteiger partial charge on any atom is 0.255 e. The highest BCUT2D eigenvalue weighted by Gasteiger charge is 2.27. The molecule has 156 valence electrons. The van der Waals surface area contributed by atoms with Gasteiger partial charge in [0.1, 0.15) is 5.75 Å². The summed E-state index contributed by atoms with van der Waals surface area (Å²) in [5.41, 5.74) is 1.59. The standard InChI is InChI=1S/C23H29NO4S/c1-3-29(26,27)22-7-5-4-6-21(22)23(25)24-16-14-19(15-17-24)9-8-18-10-12-20(28-2)13-11-18/h4-7,10-13,19H,3,8-9,14-17H2,1-2H3. The number of carbonyl (C=O) groups excluding carboxylic acids is 1. The lowest BCUT2D eigenvalue weighted by molar-refractivity contribution is 0.0683. The molecule has 1 aliphatic heterocycles. The zero-order valence-corrected chi connectivity index (χ0v) is 18.0. The average molecular weight is 416 g/mol. The first kappa shape index (κ1) is 21.4. The van der Waals surface area contributed by atoms with Crippen molar-refractivity contribution in [2.45, 2.75) is 37.5 Å². The van der Waals surface area contributed by atoms with E-state index in [1.165, 1.54) is 11.6 Å². The summed E-state index contributed by atoms with van der Waals surface area (Å²) < 4.78 is 29.9. The smallest absolute Gasteiger partial charge is 0.255 e. The quantitative estimate of drug-likeness (QED) is 0.686. The van der Waals surface area contributed by atoms with Crippen molar-refractivity contribution in [2.24, 2.45) is 5.92 Å². The van der Waals surface area contributed by atoms with Gasteiger partial charge in [-0.15, -0.1) is 0 Å². The van der Waals surface area contributed by atoms with Gasteiger partial charge in [-0.1, -0.05) is 31.2 Å². The summed E-state index contributed by atoms with van der Waals surface area (Å²) >= 11 is 0. The van der Waals surface area contributed by atoms with Gasteiger partial charge in [-0.3, -0.25) is 4.79 Å². The highest BCUT2D eigenvalue weighted by Crippen LogP contribution is 2.26. The van der Waals surface area contributed by atoms with E-state index in [0.29, 0.717) is 24.6 Å². The number of amides is 1. The molecule has 0 bridgehead atoms. The Morgan fingerprint density at radius 3 is 2.34 bits per heavy atom. The van der Waals surface area contributed by atoms with Crippen molar-refractivity contribution < 1.29 is 17.9 Å². The first-order valence-electron chi connectivity index (χ1n) is 10.2. The first-order chi connectivity index (χ1) is 13.9. The molecule has 0 aromatic heterocycles. The minimum atomic E-state index is -3.42. The molecule has 0 aliphatic carbocycles. The van der Waals surface area contributed by atoms with Crippen molar-refractivity contribution in [3.8, 4) is 5.75 Å². The van der Waals surface area contributed by atoms with Crippen LogP contribution in [0.3, 0.4) is 0 Å². The van der Waals surface area contributed by atoms with E-state index in [9.17, 15) is 13.2 Å². The molecule has 2 aromatic rings. The Morgan fingerprint density at radius 1 is 1.07 bits per heavy atom. The summed E-state index contributed by atoms with van der Waals surface area (Å²) in [5, 5.41) is 0. The molecule has 1 heterocycles. The Hall–Kier alpha value is -2.34. The van der Waals surface area contributed by atoms with Gasteiger partial charge in [-0.2, -0.15) is 0 Å². The second-order valence-electron chi connectivity index (χ2n) is 7.52. The fourth-order valence-corrected chi connectivity index (χ4v) is 4.92. The summed E-state index contributed by atoms with van der Waals surface area (Å²) in [5.74, 6) is 1.26. The second kappa shape index (κ2) is 9.44. The zero-order valence-electron chi connectivity index (χ0n) is 17.1. The fourth-order valence-electron chi connectivity index (χ4n) is 3.83. The van der Waals surface area contributed by atoms with Crippen LogP contribution in [0.25, 0.3) is 0 Å². The topological polar surface area (TPSA) is 63.7 Å². The first-order valence-corrected chi connectivity index (χ1v) is 11.8. The molecule has 2 aromatic carbocycles. The van der Waals surface area contributed by atoms with Crippen LogP contribution in [0.5, 0.6) is 5.75 Å². The van der Waals surface area contributed by atoms with Crippen LogP contribution in [0.15, 0.2) is 53.4 Å². The third kappa shape index (κ3) is 5.18. The van der Waals surface area contributed by atoms with E-state index in [2.05, 4.69) is 12.1 Å². The number of benzene rings is 2. The molecule has 0 radical (unpaired) electrons. The molecule has 1 fully saturated rings. The number of likely N-dealkylation sites (tertiary alicyclic amines) is 1. The molecular weight excluding hydrogens is 386 g/mol. The van der Waals surface area contributed by atoms with Gasteiger partial charge >= 0.3 is 0 Å². The summed E-state index contributed by atoms with van der Waals surface area (Å²) in [4.78, 5) is 14.9. The number of rotatable bonds is 7. The Kier molecular flexibility index (Phi) is 6.96. The van der Waals surface area contributed by atoms with Gasteiger partial charge in [0, 0.05) is 13.1 Å². The number of piperidine rings is 1. The summed E-state index contributed by atoms with van der Waals surface area (Å²) in [6.07, 6.45) is 4.00. The zero-order chi connectivity index (χ0) is 20.9. The highest BCUT2D eigenvalue weighted by atomic mass is 32.2. The molecule has 6 heteroatoms. The molecule has 0 N–H and O–H groups in total. The van der Waals surface area contributed by atoms with E-state index < -0.39 is 9.84 Å². The van der Waals surface area contributed by atoms with Crippen LogP contribution in [0.2, 0.25) is 0 Å². The molecule has 29 heavy (non-hydrogen) atoms. The maximum atomic E-state index is 13.0. The lowest BCUT2D eigenvalue weighted by Gasteiger charge is -2.32. The number of sulfone groups is 1. The van der Waals surface area contributed by atoms with Crippen LogP contribution in [0.4, 0.5) is 0 Å². The number of methoxy groups -OCH3 is 1. The van der Waals surface area contributed by atoms with Gasteiger partial charge < -0.3 is 9.64 Å². The van der Waals surface area contributed by atoms with Crippen molar-refractivity contribution in [1.29, 1.82) is 0 Å². The van der Waals surface area contributed by atoms with Gasteiger partial charge in [0.2, 0.25) is 0 Å². The van der Waals surface area contributed by atoms with Crippen LogP contribution in [-0.2, 0) is 16.3 Å². The van der Waals surface area contributed by atoms with Crippen molar-refractivity contribution >= 4 is 15.7 Å². The second-order valence-corrected chi connectivity index (χ2v) is 9.77. The third-order valence-corrected chi connectivity index (χ3v) is 7.52. The van der Waals surface area contributed by atoms with Gasteiger partial charge in [0.15, 0.2) is 9.84 Å². The van der Waals surface area contributed by atoms with E-state index in [0.717, 1.165) is 31.4 Å². The van der Waals surface area contributed by atoms with Crippen molar-refractivity contribution in [2.75, 3.05) is 26.0 Å². The number of ether oxygens (including phenoxy) is 1. The van der Waals surface area contributed by atoms with E-state index in [4.69, 9.17) is 4.74 Å². The number of carbonyl (C=O) groups is 1. The SMILES string of the molecule is CCS(=O)(=O)c1ccccc1C(=O)N1CCC(CCc2ccc(OC)cc2)CC1. The predicted molar refractivity (Wildman–Crippen MR) is 114 cm³/mol. The lowest BCUT2D eigenvalue weighted by atomic mass is 9.90. The summed E-state index contributed by atoms with van der Waals surface area (Å²) in [7, 11) is -1.76. The van der Waals surface area contributed by atoms with Crippen molar-refractivity contribution in [1.82, 2.24) is 4.90 Å². The van der Waals surface area contributed by atoms with Crippen LogP contribution in [-0.4, -0.2) is 45.2 Å². The normalized spacial score (nSPS) is 15.3. The monoisotopic (exact) mass is 415 g/mol. The number of aryl methyl sites for hydroxylation is 1. The molecule has 0 saturated carbocycles. The van der Waals surface area contributed by atoms with Gasteiger partial charge in [0.05, 0.1) is 23.3 Å². The summed E-state index contributed by atoms with van der Waals surface area (Å²) in [6, 6.07) is 14.7. The highest BCUT2D eigenvalue weighted by molar-refractivity contribution is 7.91. The Labute approximate surface area is 173 Å². The fraction of sp³-hybridized carbons (Fsp3) is 0.435. The van der Waals surface area contributed by atoms with E-state index in [1.807, 2.05) is 12.1 Å². The Morgan fingerprint density at radius 2 is 1.72 bits per heavy atom. The van der Waals surface area contributed by atoms with Gasteiger partial charge in [0.25, 0.3) is 5.91 Å². The van der Waals surface area contributed by atoms with E-state index >= 15 is 0 Å². The van der Waals surface area contributed by atoms with E-state index in [1.54, 1.807) is 37.1 Å². The Bertz CT molecular complexity index is 930. The van der Waals surface area contributed by atoms with Crippen LogP contribution in [0.1, 0.15) is 42.1 Å². The third-order valence-electron chi connectivity index (χ3n) is 5.73. The van der Waals surface area contributed by atoms with Gasteiger partial charge in [-0.05, 0) is 61.4 Å². The summed E-state index contributed by atoms with van der Waals surface area (Å²) in [6.45, 7) is 2.95. The van der Waals surface area contributed by atoms with Crippen LogP contribution >= 0.6 is 0 Å². The van der Waals surface area contributed by atoms with Crippen LogP contribution in [0, 0.1) is 5.92 Å². The van der Waals surface area contributed by atoms with Gasteiger partial charge in [-0.25, -0.2) is 8.42 Å². The molecule has 3 rings (SSSR count). The molecule has 0 spiro atoms. The molecule has 5 nitrogen and oxygen atoms in total.